The predicted octanol–water partition coefficient (Wildman–Crippen LogP) is 0.519. The minimum absolute atomic E-state index is 0.0473. The van der Waals surface area contributed by atoms with Gasteiger partial charge in [0.15, 0.2) is 0 Å². The molecule has 5 atom stereocenters. The van der Waals surface area contributed by atoms with Crippen LogP contribution < -0.4 is 0 Å². The lowest BCUT2D eigenvalue weighted by molar-refractivity contribution is -0.0428. The van der Waals surface area contributed by atoms with E-state index in [1.807, 2.05) is 13.8 Å². The molecule has 1 fully saturated rings. The number of rotatable bonds is 1. The highest BCUT2D eigenvalue weighted by Gasteiger charge is 2.40. The van der Waals surface area contributed by atoms with Gasteiger partial charge in [-0.2, -0.15) is 4.91 Å². The van der Waals surface area contributed by atoms with Crippen LogP contribution in [0.5, 0.6) is 0 Å². The maximum Gasteiger partial charge on any atom is 0.144 e. The topological polar surface area (TPSA) is 69.9 Å². The molecule has 0 radical (unpaired) electrons. The Hall–Kier alpha value is -0.480. The highest BCUT2D eigenvalue weighted by Crippen LogP contribution is 2.30. The summed E-state index contributed by atoms with van der Waals surface area (Å²) in [6.07, 6.45) is -0.823. The summed E-state index contributed by atoms with van der Waals surface area (Å²) in [4.78, 5) is 10.3. The molecule has 0 heterocycles. The van der Waals surface area contributed by atoms with E-state index >= 15 is 0 Å². The van der Waals surface area contributed by atoms with Crippen molar-refractivity contribution in [2.75, 3.05) is 0 Å². The van der Waals surface area contributed by atoms with Crippen molar-refractivity contribution in [2.45, 2.75) is 38.5 Å². The second kappa shape index (κ2) is 3.49. The normalized spacial score (nSPS) is 48.8. The van der Waals surface area contributed by atoms with Crippen molar-refractivity contribution in [3.63, 3.8) is 0 Å². The second-order valence-electron chi connectivity index (χ2n) is 3.77. The Morgan fingerprint density at radius 3 is 1.92 bits per heavy atom. The van der Waals surface area contributed by atoms with Crippen molar-refractivity contribution in [3.05, 3.63) is 4.91 Å². The van der Waals surface area contributed by atoms with Gasteiger partial charge in [0.05, 0.1) is 12.2 Å². The molecule has 0 spiro atoms. The van der Waals surface area contributed by atoms with Gasteiger partial charge in [0.2, 0.25) is 0 Å². The molecule has 0 aromatic carbocycles. The maximum absolute atomic E-state index is 10.3. The quantitative estimate of drug-likeness (QED) is 0.568. The van der Waals surface area contributed by atoms with Crippen molar-refractivity contribution >= 4 is 0 Å². The molecule has 0 aliphatic heterocycles. The van der Waals surface area contributed by atoms with E-state index in [9.17, 15) is 15.1 Å². The standard InChI is InChI=1S/C8H15NO3/c1-4-3-5(2)8(11)6(9-12)7(4)10/h4-8,10-11H,3H2,1-2H3/t4-,5?,6?,7?,8?/m0/s1. The number of aliphatic hydroxyl groups is 2. The van der Waals surface area contributed by atoms with Gasteiger partial charge in [0, 0.05) is 0 Å². The first kappa shape index (κ1) is 9.61. The van der Waals surface area contributed by atoms with Crippen molar-refractivity contribution in [1.29, 1.82) is 0 Å². The Labute approximate surface area is 71.6 Å². The summed E-state index contributed by atoms with van der Waals surface area (Å²) in [5, 5.41) is 21.7. The Morgan fingerprint density at radius 1 is 1.17 bits per heavy atom. The smallest absolute Gasteiger partial charge is 0.144 e. The monoisotopic (exact) mass is 173 g/mol. The third-order valence-electron chi connectivity index (χ3n) is 2.73. The molecule has 1 rings (SSSR count). The van der Waals surface area contributed by atoms with Gasteiger partial charge < -0.3 is 10.2 Å². The van der Waals surface area contributed by atoms with Gasteiger partial charge in [-0.25, -0.2) is 0 Å². The summed E-state index contributed by atoms with van der Waals surface area (Å²) < 4.78 is 0. The maximum atomic E-state index is 10.3. The summed E-state index contributed by atoms with van der Waals surface area (Å²) in [7, 11) is 0. The second-order valence-corrected chi connectivity index (χ2v) is 3.77. The fraction of sp³-hybridized carbons (Fsp3) is 1.00. The molecule has 0 saturated heterocycles. The summed E-state index contributed by atoms with van der Waals surface area (Å²) >= 11 is 0. The third-order valence-corrected chi connectivity index (χ3v) is 2.73. The molecule has 4 heteroatoms. The molecule has 1 aliphatic carbocycles. The third kappa shape index (κ3) is 1.49. The number of hydrogen-bond donors (Lipinski definition) is 2. The molecule has 4 nitrogen and oxygen atoms in total. The molecule has 0 bridgehead atoms. The molecule has 0 amide bonds. The molecule has 0 aromatic rings. The Balaban J connectivity index is 2.73. The van der Waals surface area contributed by atoms with Gasteiger partial charge in [-0.3, -0.25) is 0 Å². The Bertz CT molecular complexity index is 160. The van der Waals surface area contributed by atoms with Crippen molar-refractivity contribution in [3.8, 4) is 0 Å². The van der Waals surface area contributed by atoms with Gasteiger partial charge in [-0.1, -0.05) is 19.0 Å². The van der Waals surface area contributed by atoms with Gasteiger partial charge in [0.1, 0.15) is 6.04 Å². The molecule has 12 heavy (non-hydrogen) atoms. The first-order valence-corrected chi connectivity index (χ1v) is 4.26. The van der Waals surface area contributed by atoms with Crippen LogP contribution in [0.15, 0.2) is 5.18 Å². The van der Waals surface area contributed by atoms with E-state index in [2.05, 4.69) is 5.18 Å². The lowest BCUT2D eigenvalue weighted by Crippen LogP contribution is -2.48. The summed E-state index contributed by atoms with van der Waals surface area (Å²) in [5.41, 5.74) is 0. The van der Waals surface area contributed by atoms with Gasteiger partial charge >= 0.3 is 0 Å². The highest BCUT2D eigenvalue weighted by molar-refractivity contribution is 4.93. The van der Waals surface area contributed by atoms with E-state index in [4.69, 9.17) is 0 Å². The van der Waals surface area contributed by atoms with Crippen molar-refractivity contribution in [2.24, 2.45) is 17.0 Å². The molecular weight excluding hydrogens is 158 g/mol. The fourth-order valence-corrected chi connectivity index (χ4v) is 1.87. The van der Waals surface area contributed by atoms with E-state index in [0.717, 1.165) is 6.42 Å². The average Bonchev–Trinajstić information content (AvgIpc) is 2.02. The zero-order chi connectivity index (χ0) is 9.30. The summed E-state index contributed by atoms with van der Waals surface area (Å²) in [6, 6.07) is -0.844. The van der Waals surface area contributed by atoms with Gasteiger partial charge in [-0.05, 0) is 18.3 Å². The lowest BCUT2D eigenvalue weighted by Gasteiger charge is -2.36. The average molecular weight is 173 g/mol. The summed E-state index contributed by atoms with van der Waals surface area (Å²) in [6.45, 7) is 3.73. The molecule has 1 saturated carbocycles. The first-order valence-electron chi connectivity index (χ1n) is 4.26. The largest absolute Gasteiger partial charge is 0.390 e. The Morgan fingerprint density at radius 2 is 1.58 bits per heavy atom. The van der Waals surface area contributed by atoms with Gasteiger partial charge in [0.25, 0.3) is 0 Å². The number of nitrogens with zero attached hydrogens (tertiary/aromatic N) is 1. The van der Waals surface area contributed by atoms with E-state index < -0.39 is 18.2 Å². The molecule has 0 aromatic heterocycles. The van der Waals surface area contributed by atoms with Crippen molar-refractivity contribution in [1.82, 2.24) is 0 Å². The minimum atomic E-state index is -0.844. The van der Waals surface area contributed by atoms with Crippen LogP contribution in [0.2, 0.25) is 0 Å². The van der Waals surface area contributed by atoms with E-state index in [-0.39, 0.29) is 11.8 Å². The number of aliphatic hydroxyl groups excluding tert-OH is 2. The molecule has 4 unspecified atom stereocenters. The van der Waals surface area contributed by atoms with Crippen molar-refractivity contribution < 1.29 is 10.2 Å². The molecular formula is C8H15NO3. The molecule has 70 valence electrons. The van der Waals surface area contributed by atoms with E-state index in [0.29, 0.717) is 0 Å². The van der Waals surface area contributed by atoms with E-state index in [1.54, 1.807) is 0 Å². The zero-order valence-corrected chi connectivity index (χ0v) is 7.34. The fourth-order valence-electron chi connectivity index (χ4n) is 1.87. The number of hydrogen-bond acceptors (Lipinski definition) is 4. The Kier molecular flexibility index (Phi) is 2.80. The predicted molar refractivity (Wildman–Crippen MR) is 44.5 cm³/mol. The van der Waals surface area contributed by atoms with E-state index in [1.165, 1.54) is 0 Å². The van der Waals surface area contributed by atoms with Crippen LogP contribution in [0, 0.1) is 16.7 Å². The van der Waals surface area contributed by atoms with Crippen LogP contribution in [-0.4, -0.2) is 28.5 Å². The highest BCUT2D eigenvalue weighted by atomic mass is 16.3. The van der Waals surface area contributed by atoms with Crippen LogP contribution in [-0.2, 0) is 0 Å². The lowest BCUT2D eigenvalue weighted by atomic mass is 9.76. The minimum Gasteiger partial charge on any atom is -0.390 e. The van der Waals surface area contributed by atoms with Crippen LogP contribution in [0.3, 0.4) is 0 Å². The van der Waals surface area contributed by atoms with Gasteiger partial charge in [-0.15, -0.1) is 0 Å². The summed E-state index contributed by atoms with van der Waals surface area (Å²) in [5.74, 6) is 0.0946. The van der Waals surface area contributed by atoms with Crippen LogP contribution in [0.1, 0.15) is 20.3 Å². The first-order chi connectivity index (χ1) is 5.57. The van der Waals surface area contributed by atoms with Crippen LogP contribution in [0.4, 0.5) is 0 Å². The SMILES string of the molecule is CC1C[C@H](C)C(O)C(N=O)C1O. The molecule has 2 N–H and O–H groups in total. The van der Waals surface area contributed by atoms with Crippen LogP contribution in [0.25, 0.3) is 0 Å². The number of nitroso groups, excluding NO2 is 1. The van der Waals surface area contributed by atoms with Crippen LogP contribution >= 0.6 is 0 Å². The zero-order valence-electron chi connectivity index (χ0n) is 7.34. The molecule has 1 aliphatic rings.